The number of benzene rings is 1. The van der Waals surface area contributed by atoms with E-state index in [9.17, 15) is 9.59 Å². The molecule has 1 aromatic carbocycles. The molecule has 1 aliphatic carbocycles. The van der Waals surface area contributed by atoms with Gasteiger partial charge in [-0.05, 0) is 37.1 Å². The van der Waals surface area contributed by atoms with Gasteiger partial charge in [0.2, 0.25) is 0 Å². The largest absolute Gasteiger partial charge is 0.350 e. The lowest BCUT2D eigenvalue weighted by Crippen LogP contribution is -2.42. The quantitative estimate of drug-likeness (QED) is 0.802. The van der Waals surface area contributed by atoms with Gasteiger partial charge in [-0.25, -0.2) is 0 Å². The first-order valence-corrected chi connectivity index (χ1v) is 8.55. The molecule has 3 rings (SSSR count). The average Bonchev–Trinajstić information content (AvgIpc) is 2.74. The van der Waals surface area contributed by atoms with E-state index in [4.69, 9.17) is 11.6 Å². The molecule has 2 amide bonds. The third kappa shape index (κ3) is 2.92. The van der Waals surface area contributed by atoms with Crippen molar-refractivity contribution in [1.29, 1.82) is 0 Å². The van der Waals surface area contributed by atoms with Crippen LogP contribution in [0.4, 0.5) is 5.69 Å². The van der Waals surface area contributed by atoms with E-state index in [0.29, 0.717) is 0 Å². The van der Waals surface area contributed by atoms with Crippen LogP contribution in [0.1, 0.15) is 32.1 Å². The summed E-state index contributed by atoms with van der Waals surface area (Å²) in [5.41, 5.74) is 0.905. The normalized spacial score (nSPS) is 20.0. The summed E-state index contributed by atoms with van der Waals surface area (Å²) < 4.78 is 0.941. The van der Waals surface area contributed by atoms with Crippen molar-refractivity contribution in [2.24, 2.45) is 0 Å². The van der Waals surface area contributed by atoms with Crippen LogP contribution in [0, 0.1) is 0 Å². The molecule has 1 fully saturated rings. The van der Waals surface area contributed by atoms with Crippen molar-refractivity contribution in [3.8, 4) is 0 Å². The Morgan fingerprint density at radius 1 is 1.05 bits per heavy atom. The number of rotatable bonds is 3. The predicted octanol–water partition coefficient (Wildman–Crippen LogP) is 4.01. The number of amides is 2. The Balaban J connectivity index is 1.80. The van der Waals surface area contributed by atoms with Crippen molar-refractivity contribution in [2.45, 2.75) is 38.1 Å². The number of nitrogens with one attached hydrogen (secondary N) is 1. The Morgan fingerprint density at radius 2 is 1.68 bits per heavy atom. The Bertz CT molecular complexity index is 636. The van der Waals surface area contributed by atoms with E-state index in [1.807, 2.05) is 24.3 Å². The molecule has 0 unspecified atom stereocenters. The zero-order valence-corrected chi connectivity index (χ0v) is 14.3. The SMILES string of the molecule is O=C1C(Cl)=C(Nc2ccc(Br)cc2)C(=O)N1C1CCCCC1. The van der Waals surface area contributed by atoms with Crippen LogP contribution in [0.2, 0.25) is 0 Å². The number of nitrogens with zero attached hydrogens (tertiary/aromatic N) is 1. The molecule has 1 N–H and O–H groups in total. The van der Waals surface area contributed by atoms with Gasteiger partial charge in [0.05, 0.1) is 0 Å². The molecule has 0 radical (unpaired) electrons. The van der Waals surface area contributed by atoms with Gasteiger partial charge in [0, 0.05) is 16.2 Å². The first-order valence-electron chi connectivity index (χ1n) is 7.38. The summed E-state index contributed by atoms with van der Waals surface area (Å²) >= 11 is 9.47. The molecule has 1 saturated carbocycles. The third-order valence-corrected chi connectivity index (χ3v) is 4.99. The molecular formula is C16H16BrClN2O2. The Hall–Kier alpha value is -1.33. The van der Waals surface area contributed by atoms with Gasteiger partial charge >= 0.3 is 0 Å². The molecule has 1 aromatic rings. The van der Waals surface area contributed by atoms with Gasteiger partial charge < -0.3 is 5.32 Å². The smallest absolute Gasteiger partial charge is 0.279 e. The van der Waals surface area contributed by atoms with Crippen molar-refractivity contribution >= 4 is 45.0 Å². The van der Waals surface area contributed by atoms with E-state index in [1.165, 1.54) is 4.90 Å². The lowest BCUT2D eigenvalue weighted by molar-refractivity contribution is -0.140. The summed E-state index contributed by atoms with van der Waals surface area (Å²) in [5.74, 6) is -0.692. The van der Waals surface area contributed by atoms with Crippen LogP contribution in [0.25, 0.3) is 0 Å². The molecule has 0 aromatic heterocycles. The lowest BCUT2D eigenvalue weighted by atomic mass is 9.94. The molecule has 0 atom stereocenters. The van der Waals surface area contributed by atoms with Gasteiger partial charge in [0.25, 0.3) is 11.8 Å². The van der Waals surface area contributed by atoms with Crippen LogP contribution in [-0.4, -0.2) is 22.8 Å². The highest BCUT2D eigenvalue weighted by molar-refractivity contribution is 9.10. The Labute approximate surface area is 142 Å². The van der Waals surface area contributed by atoms with Gasteiger partial charge in [-0.3, -0.25) is 14.5 Å². The van der Waals surface area contributed by atoms with Gasteiger partial charge in [0.1, 0.15) is 10.7 Å². The summed E-state index contributed by atoms with van der Waals surface area (Å²) in [7, 11) is 0. The van der Waals surface area contributed by atoms with E-state index in [0.717, 1.165) is 42.3 Å². The molecule has 1 heterocycles. The van der Waals surface area contributed by atoms with Crippen LogP contribution in [0.3, 0.4) is 0 Å². The monoisotopic (exact) mass is 382 g/mol. The Morgan fingerprint density at radius 3 is 2.32 bits per heavy atom. The van der Waals surface area contributed by atoms with E-state index < -0.39 is 0 Å². The number of anilines is 1. The maximum Gasteiger partial charge on any atom is 0.279 e. The fourth-order valence-electron chi connectivity index (χ4n) is 2.98. The highest BCUT2D eigenvalue weighted by atomic mass is 79.9. The van der Waals surface area contributed by atoms with Crippen molar-refractivity contribution in [2.75, 3.05) is 5.32 Å². The molecular weight excluding hydrogens is 368 g/mol. The van der Waals surface area contributed by atoms with Crippen LogP contribution in [0.5, 0.6) is 0 Å². The van der Waals surface area contributed by atoms with E-state index in [-0.39, 0.29) is 28.6 Å². The zero-order chi connectivity index (χ0) is 15.7. The van der Waals surface area contributed by atoms with Crippen molar-refractivity contribution in [3.05, 3.63) is 39.5 Å². The summed E-state index contributed by atoms with van der Waals surface area (Å²) in [5, 5.41) is 2.97. The van der Waals surface area contributed by atoms with E-state index >= 15 is 0 Å². The fraction of sp³-hybridized carbons (Fsp3) is 0.375. The van der Waals surface area contributed by atoms with Crippen LogP contribution >= 0.6 is 27.5 Å². The summed E-state index contributed by atoms with van der Waals surface area (Å²) in [6.45, 7) is 0. The van der Waals surface area contributed by atoms with Gasteiger partial charge in [-0.1, -0.05) is 46.8 Å². The highest BCUT2D eigenvalue weighted by Crippen LogP contribution is 2.32. The number of carbonyl (C=O) groups is 2. The second-order valence-electron chi connectivity index (χ2n) is 5.59. The maximum atomic E-state index is 12.6. The molecule has 6 heteroatoms. The van der Waals surface area contributed by atoms with Crippen molar-refractivity contribution in [1.82, 2.24) is 4.90 Å². The second kappa shape index (κ2) is 6.42. The maximum absolute atomic E-state index is 12.6. The summed E-state index contributed by atoms with van der Waals surface area (Å²) in [6, 6.07) is 7.34. The lowest BCUT2D eigenvalue weighted by Gasteiger charge is -2.29. The molecule has 4 nitrogen and oxygen atoms in total. The third-order valence-electron chi connectivity index (χ3n) is 4.11. The molecule has 0 saturated heterocycles. The number of carbonyl (C=O) groups excluding carboxylic acids is 2. The topological polar surface area (TPSA) is 49.4 Å². The molecule has 0 spiro atoms. The molecule has 0 bridgehead atoms. The fourth-order valence-corrected chi connectivity index (χ4v) is 3.46. The predicted molar refractivity (Wildman–Crippen MR) is 89.4 cm³/mol. The minimum atomic E-state index is -0.377. The van der Waals surface area contributed by atoms with Crippen molar-refractivity contribution in [3.63, 3.8) is 0 Å². The number of hydrogen-bond acceptors (Lipinski definition) is 3. The molecule has 1 aliphatic heterocycles. The summed E-state index contributed by atoms with van der Waals surface area (Å²) in [6.07, 6.45) is 5.00. The molecule has 116 valence electrons. The van der Waals surface area contributed by atoms with Gasteiger partial charge in [0.15, 0.2) is 0 Å². The Kier molecular flexibility index (Phi) is 4.54. The second-order valence-corrected chi connectivity index (χ2v) is 6.89. The first-order chi connectivity index (χ1) is 10.6. The minimum absolute atomic E-state index is 0.0153. The van der Waals surface area contributed by atoms with Gasteiger partial charge in [-0.2, -0.15) is 0 Å². The van der Waals surface area contributed by atoms with E-state index in [2.05, 4.69) is 21.2 Å². The molecule has 2 aliphatic rings. The number of halogens is 2. The van der Waals surface area contributed by atoms with E-state index in [1.54, 1.807) is 0 Å². The number of hydrogen-bond donors (Lipinski definition) is 1. The first kappa shape index (κ1) is 15.6. The highest BCUT2D eigenvalue weighted by Gasteiger charge is 2.41. The standard InChI is InChI=1S/C16H16BrClN2O2/c17-10-6-8-11(9-7-10)19-14-13(18)15(21)20(16(14)22)12-4-2-1-3-5-12/h6-9,12,19H,1-5H2. The van der Waals surface area contributed by atoms with Crippen LogP contribution < -0.4 is 5.32 Å². The molecule has 22 heavy (non-hydrogen) atoms. The average molecular weight is 384 g/mol. The zero-order valence-electron chi connectivity index (χ0n) is 11.9. The van der Waals surface area contributed by atoms with Crippen molar-refractivity contribution < 1.29 is 9.59 Å². The number of imide groups is 1. The van der Waals surface area contributed by atoms with Crippen LogP contribution in [-0.2, 0) is 9.59 Å². The van der Waals surface area contributed by atoms with Gasteiger partial charge in [-0.15, -0.1) is 0 Å². The van der Waals surface area contributed by atoms with Crippen LogP contribution in [0.15, 0.2) is 39.5 Å². The minimum Gasteiger partial charge on any atom is -0.350 e. The summed E-state index contributed by atoms with van der Waals surface area (Å²) in [4.78, 5) is 26.3.